The molecule has 0 radical (unpaired) electrons. The maximum absolute atomic E-state index is 6.94. The van der Waals surface area contributed by atoms with Crippen LogP contribution in [0.5, 0.6) is 0 Å². The number of nitrogens with one attached hydrogen (secondary N) is 1. The summed E-state index contributed by atoms with van der Waals surface area (Å²) in [6, 6.07) is 34.4. The molecule has 0 aromatic heterocycles. The molecule has 0 saturated carbocycles. The molecule has 0 spiro atoms. The third-order valence-electron chi connectivity index (χ3n) is 5.49. The first kappa shape index (κ1) is 19.2. The molecule has 1 N–H and O–H groups in total. The lowest BCUT2D eigenvalue weighted by Crippen LogP contribution is -2.40. The van der Waals surface area contributed by atoms with Gasteiger partial charge in [-0.1, -0.05) is 108 Å². The number of hydrogen-bond acceptors (Lipinski definition) is 2. The summed E-state index contributed by atoms with van der Waals surface area (Å²) in [4.78, 5) is 0. The molecule has 0 bridgehead atoms. The van der Waals surface area contributed by atoms with Gasteiger partial charge in [0.15, 0.2) is 6.23 Å². The van der Waals surface area contributed by atoms with Gasteiger partial charge in [0.05, 0.1) is 0 Å². The maximum Gasteiger partial charge on any atom is 0.157 e. The largest absolute Gasteiger partial charge is 0.356 e. The molecule has 4 aromatic carbocycles. The van der Waals surface area contributed by atoms with Crippen molar-refractivity contribution in [2.24, 2.45) is 0 Å². The summed E-state index contributed by atoms with van der Waals surface area (Å²) in [5.74, 6) is 0. The van der Waals surface area contributed by atoms with E-state index in [1.165, 1.54) is 0 Å². The van der Waals surface area contributed by atoms with Gasteiger partial charge in [-0.3, -0.25) is 0 Å². The fraction of sp³-hybridized carbons (Fsp3) is 0.0769. The van der Waals surface area contributed by atoms with Crippen molar-refractivity contribution in [3.8, 4) is 0 Å². The van der Waals surface area contributed by atoms with Crippen molar-refractivity contribution in [1.82, 2.24) is 0 Å². The second-order valence-electron chi connectivity index (χ2n) is 7.27. The minimum atomic E-state index is -0.794. The molecule has 0 unspecified atom stereocenters. The molecule has 0 fully saturated rings. The Morgan fingerprint density at radius 3 is 1.93 bits per heavy atom. The zero-order valence-corrected chi connectivity index (χ0v) is 17.6. The van der Waals surface area contributed by atoms with Crippen LogP contribution >= 0.6 is 23.2 Å². The molecule has 148 valence electrons. The first-order valence-electron chi connectivity index (χ1n) is 9.78. The highest BCUT2D eigenvalue weighted by Gasteiger charge is 2.45. The number of ether oxygens (including phenoxy) is 1. The van der Waals surface area contributed by atoms with Crippen LogP contribution in [0.25, 0.3) is 0 Å². The Kier molecular flexibility index (Phi) is 5.00. The second kappa shape index (κ2) is 7.81. The van der Waals surface area contributed by atoms with E-state index in [2.05, 4.69) is 41.7 Å². The first-order chi connectivity index (χ1) is 14.7. The van der Waals surface area contributed by atoms with Crippen molar-refractivity contribution in [2.45, 2.75) is 11.8 Å². The number of para-hydroxylation sites is 1. The van der Waals surface area contributed by atoms with Gasteiger partial charge in [-0.2, -0.15) is 0 Å². The van der Waals surface area contributed by atoms with Crippen LogP contribution in [0.3, 0.4) is 0 Å². The quantitative estimate of drug-likeness (QED) is 0.364. The van der Waals surface area contributed by atoms with E-state index in [0.29, 0.717) is 10.0 Å². The summed E-state index contributed by atoms with van der Waals surface area (Å²) >= 11 is 12.7. The molecule has 0 aliphatic carbocycles. The third kappa shape index (κ3) is 3.18. The molecule has 1 heterocycles. The van der Waals surface area contributed by atoms with Crippen molar-refractivity contribution in [1.29, 1.82) is 0 Å². The number of fused-ring (bicyclic) bond motifs is 1. The number of anilines is 1. The van der Waals surface area contributed by atoms with Gasteiger partial charge < -0.3 is 10.1 Å². The number of hydrogen-bond donors (Lipinski definition) is 1. The molecule has 1 atom stereocenters. The predicted octanol–water partition coefficient (Wildman–Crippen LogP) is 7.43. The Morgan fingerprint density at radius 1 is 0.700 bits per heavy atom. The third-order valence-corrected chi connectivity index (χ3v) is 6.06. The van der Waals surface area contributed by atoms with Gasteiger partial charge in [-0.25, -0.2) is 0 Å². The Balaban J connectivity index is 1.78. The van der Waals surface area contributed by atoms with Crippen molar-refractivity contribution < 1.29 is 4.74 Å². The molecular formula is C26H19Cl2NO. The van der Waals surface area contributed by atoms with Gasteiger partial charge in [0.2, 0.25) is 0 Å². The van der Waals surface area contributed by atoms with E-state index in [1.807, 2.05) is 60.7 Å². The highest BCUT2D eigenvalue weighted by molar-refractivity contribution is 6.35. The van der Waals surface area contributed by atoms with Gasteiger partial charge in [-0.15, -0.1) is 0 Å². The lowest BCUT2D eigenvalue weighted by molar-refractivity contribution is -0.0431. The van der Waals surface area contributed by atoms with E-state index < -0.39 is 11.8 Å². The van der Waals surface area contributed by atoms with Crippen LogP contribution in [0.2, 0.25) is 10.0 Å². The molecule has 0 saturated heterocycles. The summed E-state index contributed by atoms with van der Waals surface area (Å²) in [6.45, 7) is 0. The van der Waals surface area contributed by atoms with Crippen LogP contribution in [-0.4, -0.2) is 0 Å². The monoisotopic (exact) mass is 431 g/mol. The van der Waals surface area contributed by atoms with E-state index >= 15 is 0 Å². The Hall–Kier alpha value is -2.78. The lowest BCUT2D eigenvalue weighted by atomic mass is 9.78. The second-order valence-corrected chi connectivity index (χ2v) is 8.11. The zero-order chi connectivity index (χ0) is 20.6. The maximum atomic E-state index is 6.94. The predicted molar refractivity (Wildman–Crippen MR) is 123 cm³/mol. The number of benzene rings is 4. The van der Waals surface area contributed by atoms with Gasteiger partial charge in [0.1, 0.15) is 5.60 Å². The smallest absolute Gasteiger partial charge is 0.157 e. The fourth-order valence-corrected chi connectivity index (χ4v) is 4.65. The van der Waals surface area contributed by atoms with Crippen LogP contribution in [-0.2, 0) is 10.3 Å². The van der Waals surface area contributed by atoms with E-state index in [9.17, 15) is 0 Å². The van der Waals surface area contributed by atoms with Crippen LogP contribution in [0.1, 0.15) is 28.5 Å². The number of rotatable bonds is 3. The van der Waals surface area contributed by atoms with Crippen LogP contribution < -0.4 is 5.32 Å². The summed E-state index contributed by atoms with van der Waals surface area (Å²) < 4.78 is 6.94. The zero-order valence-electron chi connectivity index (χ0n) is 16.1. The summed E-state index contributed by atoms with van der Waals surface area (Å²) in [7, 11) is 0. The Labute approximate surface area is 186 Å². The highest BCUT2D eigenvalue weighted by Crippen LogP contribution is 2.50. The summed E-state index contributed by atoms with van der Waals surface area (Å²) in [6.07, 6.45) is -0.454. The van der Waals surface area contributed by atoms with Crippen molar-refractivity contribution >= 4 is 28.9 Å². The molecule has 1 aliphatic rings. The first-order valence-corrected chi connectivity index (χ1v) is 10.5. The summed E-state index contributed by atoms with van der Waals surface area (Å²) in [5.41, 5.74) is 4.22. The molecule has 4 aromatic rings. The van der Waals surface area contributed by atoms with Crippen LogP contribution in [0, 0.1) is 0 Å². The molecule has 2 nitrogen and oxygen atoms in total. The minimum Gasteiger partial charge on any atom is -0.356 e. The fourth-order valence-electron chi connectivity index (χ4n) is 4.14. The number of halogens is 2. The van der Waals surface area contributed by atoms with E-state index in [4.69, 9.17) is 27.9 Å². The van der Waals surface area contributed by atoms with Gasteiger partial charge in [0.25, 0.3) is 0 Å². The molecule has 1 aliphatic heterocycles. The van der Waals surface area contributed by atoms with Gasteiger partial charge in [0, 0.05) is 26.9 Å². The van der Waals surface area contributed by atoms with Crippen LogP contribution in [0.15, 0.2) is 103 Å². The van der Waals surface area contributed by atoms with E-state index in [-0.39, 0.29) is 0 Å². The molecule has 0 amide bonds. The van der Waals surface area contributed by atoms with Crippen molar-refractivity contribution in [3.63, 3.8) is 0 Å². The van der Waals surface area contributed by atoms with Gasteiger partial charge >= 0.3 is 0 Å². The van der Waals surface area contributed by atoms with Crippen molar-refractivity contribution in [2.75, 3.05) is 5.32 Å². The highest BCUT2D eigenvalue weighted by atomic mass is 35.5. The molecule has 5 rings (SSSR count). The van der Waals surface area contributed by atoms with E-state index in [0.717, 1.165) is 27.9 Å². The average molecular weight is 432 g/mol. The standard InChI is InChI=1S/C26H19Cl2NO/c27-20-15-16-21(23(28)17-20)25-29-24-14-8-7-13-22(24)26(30-25,18-9-3-1-4-10-18)19-11-5-2-6-12-19/h1-17,25,29H/t25-/m0/s1. The lowest BCUT2D eigenvalue weighted by Gasteiger charge is -2.44. The topological polar surface area (TPSA) is 21.3 Å². The minimum absolute atomic E-state index is 0.454. The van der Waals surface area contributed by atoms with Gasteiger partial charge in [-0.05, 0) is 29.3 Å². The Bertz CT molecular complexity index is 1140. The molecular weight excluding hydrogens is 413 g/mol. The average Bonchev–Trinajstić information content (AvgIpc) is 2.79. The molecule has 30 heavy (non-hydrogen) atoms. The van der Waals surface area contributed by atoms with Crippen molar-refractivity contribution in [3.05, 3.63) is 135 Å². The summed E-state index contributed by atoms with van der Waals surface area (Å²) in [5, 5.41) is 4.68. The SMILES string of the molecule is Clc1ccc([C@H]2Nc3ccccc3C(c3ccccc3)(c3ccccc3)O2)c(Cl)c1. The molecule has 4 heteroatoms. The van der Waals surface area contributed by atoms with E-state index in [1.54, 1.807) is 6.07 Å². The Morgan fingerprint density at radius 2 is 1.30 bits per heavy atom. The normalized spacial score (nSPS) is 17.1. The van der Waals surface area contributed by atoms with Crippen LogP contribution in [0.4, 0.5) is 5.69 Å².